The Morgan fingerprint density at radius 2 is 1.48 bits per heavy atom. The van der Waals surface area contributed by atoms with Crippen molar-refractivity contribution in [1.29, 1.82) is 0 Å². The first-order valence-corrected chi connectivity index (χ1v) is 10.7. The Morgan fingerprint density at radius 1 is 0.897 bits per heavy atom. The normalized spacial score (nSPS) is 13.2. The molecule has 0 saturated heterocycles. The predicted molar refractivity (Wildman–Crippen MR) is 119 cm³/mol. The number of aliphatic carboxylic acids is 2. The van der Waals surface area contributed by atoms with E-state index in [1.165, 1.54) is 28.5 Å². The zero-order valence-corrected chi connectivity index (χ0v) is 18.6. The molecule has 0 aromatic carbocycles. The van der Waals surface area contributed by atoms with Gasteiger partial charge in [-0.25, -0.2) is 9.59 Å². The van der Waals surface area contributed by atoms with Crippen molar-refractivity contribution < 1.29 is 24.6 Å². The van der Waals surface area contributed by atoms with E-state index in [1.807, 2.05) is 0 Å². The molecule has 1 amide bonds. The zero-order chi connectivity index (χ0) is 22.2. The van der Waals surface area contributed by atoms with Crippen molar-refractivity contribution in [3.63, 3.8) is 0 Å². The minimum absolute atomic E-state index is 0.204. The average molecular weight is 424 g/mol. The van der Waals surface area contributed by atoms with E-state index in [2.05, 4.69) is 51.2 Å². The molecule has 0 aliphatic carbocycles. The molecule has 0 aromatic rings. The Morgan fingerprint density at radius 3 is 2.03 bits per heavy atom. The molecule has 0 aliphatic heterocycles. The summed E-state index contributed by atoms with van der Waals surface area (Å²) in [6, 6.07) is -1.06. The summed E-state index contributed by atoms with van der Waals surface area (Å²) in [5.41, 5.74) is 3.98. The molecule has 0 saturated carbocycles. The highest BCUT2D eigenvalue weighted by molar-refractivity contribution is 7.99. The van der Waals surface area contributed by atoms with Gasteiger partial charge in [-0.05, 0) is 53.4 Å². The minimum Gasteiger partial charge on any atom is -0.480 e. The number of carboxylic acids is 2. The third-order valence-corrected chi connectivity index (χ3v) is 4.92. The van der Waals surface area contributed by atoms with Gasteiger partial charge in [-0.15, -0.1) is 0 Å². The van der Waals surface area contributed by atoms with E-state index >= 15 is 0 Å². The Kier molecular flexibility index (Phi) is 14.4. The second kappa shape index (κ2) is 15.6. The SMILES string of the molecule is CC(C)=CCC/C(C)=C/CC/C(C)=C/CSC[C@H](NC(=O)C=CC(=O)O)C(=O)O. The van der Waals surface area contributed by atoms with Crippen LogP contribution in [0.1, 0.15) is 53.4 Å². The molecule has 0 spiro atoms. The number of amides is 1. The molecule has 0 aromatic heterocycles. The van der Waals surface area contributed by atoms with Crippen molar-refractivity contribution in [1.82, 2.24) is 5.32 Å². The molecule has 0 aliphatic rings. The van der Waals surface area contributed by atoms with Crippen LogP contribution in [0.4, 0.5) is 0 Å². The van der Waals surface area contributed by atoms with Gasteiger partial charge < -0.3 is 15.5 Å². The minimum atomic E-state index is -1.26. The zero-order valence-electron chi connectivity index (χ0n) is 17.7. The van der Waals surface area contributed by atoms with Crippen LogP contribution < -0.4 is 5.32 Å². The van der Waals surface area contributed by atoms with Gasteiger partial charge >= 0.3 is 11.9 Å². The first-order chi connectivity index (χ1) is 13.6. The van der Waals surface area contributed by atoms with Gasteiger partial charge in [-0.2, -0.15) is 11.8 Å². The number of thioether (sulfide) groups is 1. The van der Waals surface area contributed by atoms with Gasteiger partial charge in [0, 0.05) is 23.7 Å². The van der Waals surface area contributed by atoms with Crippen molar-refractivity contribution in [2.45, 2.75) is 59.4 Å². The summed E-state index contributed by atoms with van der Waals surface area (Å²) in [6.45, 7) is 8.42. The van der Waals surface area contributed by atoms with Crippen molar-refractivity contribution in [3.05, 3.63) is 47.1 Å². The average Bonchev–Trinajstić information content (AvgIpc) is 2.61. The number of carboxylic acid groups (broad SMARTS) is 2. The monoisotopic (exact) mass is 423 g/mol. The lowest BCUT2D eigenvalue weighted by Crippen LogP contribution is -2.42. The number of rotatable bonds is 14. The van der Waals surface area contributed by atoms with E-state index in [9.17, 15) is 19.5 Å². The summed E-state index contributed by atoms with van der Waals surface area (Å²) in [4.78, 5) is 33.1. The molecule has 7 heteroatoms. The Hall–Kier alpha value is -2.28. The maximum atomic E-state index is 11.5. The molecule has 29 heavy (non-hydrogen) atoms. The molecule has 3 N–H and O–H groups in total. The summed E-state index contributed by atoms with van der Waals surface area (Å²) >= 11 is 1.40. The molecule has 162 valence electrons. The number of carbonyl (C=O) groups excluding carboxylic acids is 1. The van der Waals surface area contributed by atoms with Gasteiger partial charge in [-0.1, -0.05) is 34.9 Å². The highest BCUT2D eigenvalue weighted by Gasteiger charge is 2.18. The van der Waals surface area contributed by atoms with Crippen LogP contribution in [0.2, 0.25) is 0 Å². The topological polar surface area (TPSA) is 104 Å². The Balaban J connectivity index is 4.27. The highest BCUT2D eigenvalue weighted by atomic mass is 32.2. The van der Waals surface area contributed by atoms with Crippen molar-refractivity contribution in [2.24, 2.45) is 0 Å². The van der Waals surface area contributed by atoms with Gasteiger partial charge in [0.2, 0.25) is 5.91 Å². The molecular weight excluding hydrogens is 390 g/mol. The van der Waals surface area contributed by atoms with Crippen molar-refractivity contribution in [3.8, 4) is 0 Å². The fraction of sp³-hybridized carbons (Fsp3) is 0.500. The first-order valence-electron chi connectivity index (χ1n) is 9.58. The summed E-state index contributed by atoms with van der Waals surface area (Å²) in [7, 11) is 0. The maximum Gasteiger partial charge on any atom is 0.328 e. The highest BCUT2D eigenvalue weighted by Crippen LogP contribution is 2.13. The van der Waals surface area contributed by atoms with Gasteiger partial charge in [-0.3, -0.25) is 4.79 Å². The number of hydrogen-bond acceptors (Lipinski definition) is 4. The van der Waals surface area contributed by atoms with Gasteiger partial charge in [0.1, 0.15) is 6.04 Å². The van der Waals surface area contributed by atoms with Crippen molar-refractivity contribution >= 4 is 29.6 Å². The van der Waals surface area contributed by atoms with Gasteiger partial charge in [0.25, 0.3) is 0 Å². The number of allylic oxidation sites excluding steroid dienone is 5. The van der Waals surface area contributed by atoms with E-state index in [1.54, 1.807) is 0 Å². The van der Waals surface area contributed by atoms with E-state index in [0.29, 0.717) is 11.8 Å². The molecule has 0 unspecified atom stereocenters. The second-order valence-electron chi connectivity index (χ2n) is 7.07. The van der Waals surface area contributed by atoms with Crippen LogP contribution in [0, 0.1) is 0 Å². The van der Waals surface area contributed by atoms with Crippen LogP contribution in [0.15, 0.2) is 47.1 Å². The lowest BCUT2D eigenvalue weighted by atomic mass is 10.1. The fourth-order valence-electron chi connectivity index (χ4n) is 2.27. The summed E-state index contributed by atoms with van der Waals surface area (Å²) in [5.74, 6) is -2.29. The summed E-state index contributed by atoms with van der Waals surface area (Å²) in [6.07, 6.45) is 12.2. The molecule has 0 rings (SSSR count). The fourth-order valence-corrected chi connectivity index (χ4v) is 3.27. The van der Waals surface area contributed by atoms with Crippen LogP contribution in [0.25, 0.3) is 0 Å². The van der Waals surface area contributed by atoms with Crippen LogP contribution >= 0.6 is 11.8 Å². The van der Waals surface area contributed by atoms with E-state index in [4.69, 9.17) is 5.11 Å². The van der Waals surface area contributed by atoms with E-state index in [0.717, 1.165) is 31.8 Å². The summed E-state index contributed by atoms with van der Waals surface area (Å²) < 4.78 is 0. The van der Waals surface area contributed by atoms with Crippen LogP contribution in [0.3, 0.4) is 0 Å². The van der Waals surface area contributed by atoms with Crippen LogP contribution in [-0.4, -0.2) is 45.6 Å². The molecule has 0 fully saturated rings. The number of carbonyl (C=O) groups is 3. The van der Waals surface area contributed by atoms with Crippen LogP contribution in [0.5, 0.6) is 0 Å². The maximum absolute atomic E-state index is 11.5. The Labute approximate surface area is 177 Å². The molecule has 1 atom stereocenters. The molecule has 0 radical (unpaired) electrons. The third kappa shape index (κ3) is 16.4. The summed E-state index contributed by atoms with van der Waals surface area (Å²) in [5, 5.41) is 19.9. The predicted octanol–water partition coefficient (Wildman–Crippen LogP) is 4.35. The smallest absolute Gasteiger partial charge is 0.328 e. The molecule has 0 heterocycles. The van der Waals surface area contributed by atoms with E-state index in [-0.39, 0.29) is 5.75 Å². The quantitative estimate of drug-likeness (QED) is 0.218. The molecular formula is C22H33NO5S. The molecule has 0 bridgehead atoms. The lowest BCUT2D eigenvalue weighted by Gasteiger charge is -2.12. The number of hydrogen-bond donors (Lipinski definition) is 3. The Bertz CT molecular complexity index is 673. The van der Waals surface area contributed by atoms with Gasteiger partial charge in [0.15, 0.2) is 0 Å². The van der Waals surface area contributed by atoms with Crippen molar-refractivity contribution in [2.75, 3.05) is 11.5 Å². The van der Waals surface area contributed by atoms with E-state index < -0.39 is 23.9 Å². The number of nitrogens with one attached hydrogen (secondary N) is 1. The second-order valence-corrected chi connectivity index (χ2v) is 8.14. The van der Waals surface area contributed by atoms with Crippen LogP contribution in [-0.2, 0) is 14.4 Å². The van der Waals surface area contributed by atoms with Gasteiger partial charge in [0.05, 0.1) is 0 Å². The lowest BCUT2D eigenvalue weighted by molar-refractivity contribution is -0.140. The molecule has 6 nitrogen and oxygen atoms in total. The standard InChI is InChI=1S/C22H33NO5S/c1-16(2)7-5-8-17(3)9-6-10-18(4)13-14-29-15-19(22(27)28)23-20(24)11-12-21(25)26/h7,9,11-13,19H,5-6,8,10,14-15H2,1-4H3,(H,23,24)(H,25,26)(H,27,28)/b12-11?,17-9+,18-13+/t19-/m0/s1. The first kappa shape index (κ1) is 26.7. The third-order valence-electron chi connectivity index (χ3n) is 3.95. The largest absolute Gasteiger partial charge is 0.480 e.